The van der Waals surface area contributed by atoms with Crippen LogP contribution in [0, 0.1) is 0 Å². The van der Waals surface area contributed by atoms with Crippen molar-refractivity contribution in [3.63, 3.8) is 0 Å². The molecule has 8 heteroatoms. The molecule has 1 aromatic carbocycles. The van der Waals surface area contributed by atoms with Gasteiger partial charge in [0, 0.05) is 38.9 Å². The average molecular weight is 352 g/mol. The summed E-state index contributed by atoms with van der Waals surface area (Å²) in [6.07, 6.45) is 0. The van der Waals surface area contributed by atoms with Crippen LogP contribution in [0.3, 0.4) is 0 Å². The van der Waals surface area contributed by atoms with E-state index in [1.165, 1.54) is 28.4 Å². The van der Waals surface area contributed by atoms with Crippen molar-refractivity contribution in [1.82, 2.24) is 9.80 Å². The summed E-state index contributed by atoms with van der Waals surface area (Å²) < 4.78 is 20.7. The summed E-state index contributed by atoms with van der Waals surface area (Å²) in [5.41, 5.74) is 0.450. The Morgan fingerprint density at radius 1 is 0.880 bits per heavy atom. The molecule has 2 amide bonds. The fourth-order valence-corrected chi connectivity index (χ4v) is 2.76. The first-order chi connectivity index (χ1) is 12.0. The van der Waals surface area contributed by atoms with Crippen molar-refractivity contribution in [3.8, 4) is 17.2 Å². The van der Waals surface area contributed by atoms with Gasteiger partial charge < -0.3 is 28.7 Å². The number of carbonyl (C=O) groups is 2. The second-order valence-corrected chi connectivity index (χ2v) is 5.52. The van der Waals surface area contributed by atoms with E-state index in [1.54, 1.807) is 21.9 Å². The number of rotatable bonds is 6. The molecular weight excluding hydrogens is 328 g/mol. The lowest BCUT2D eigenvalue weighted by molar-refractivity contribution is -0.136. The van der Waals surface area contributed by atoms with Crippen molar-refractivity contribution in [3.05, 3.63) is 17.7 Å². The standard InChI is InChI=1S/C17H24N2O6/c1-22-11-15(20)18-5-7-19(8-6-18)17(21)12-9-13(23-2)16(25-4)14(10-12)24-3/h9-10H,5-8,11H2,1-4H3. The Labute approximate surface area is 147 Å². The number of amides is 2. The maximum absolute atomic E-state index is 12.8. The predicted molar refractivity (Wildman–Crippen MR) is 90.5 cm³/mol. The topological polar surface area (TPSA) is 77.5 Å². The first-order valence-electron chi connectivity index (χ1n) is 7.91. The summed E-state index contributed by atoms with van der Waals surface area (Å²) in [7, 11) is 6.01. The van der Waals surface area contributed by atoms with E-state index in [1.807, 2.05) is 0 Å². The second-order valence-electron chi connectivity index (χ2n) is 5.52. The molecule has 1 heterocycles. The van der Waals surface area contributed by atoms with E-state index in [0.29, 0.717) is 49.0 Å². The van der Waals surface area contributed by atoms with Gasteiger partial charge in [-0.1, -0.05) is 0 Å². The molecule has 138 valence electrons. The minimum atomic E-state index is -0.141. The van der Waals surface area contributed by atoms with Gasteiger partial charge in [-0.2, -0.15) is 0 Å². The van der Waals surface area contributed by atoms with Gasteiger partial charge in [-0.3, -0.25) is 9.59 Å². The van der Waals surface area contributed by atoms with Crippen LogP contribution >= 0.6 is 0 Å². The zero-order chi connectivity index (χ0) is 18.4. The number of methoxy groups -OCH3 is 4. The maximum atomic E-state index is 12.8. The Morgan fingerprint density at radius 2 is 1.40 bits per heavy atom. The molecule has 0 N–H and O–H groups in total. The number of nitrogens with zero attached hydrogens (tertiary/aromatic N) is 2. The molecule has 1 saturated heterocycles. The Balaban J connectivity index is 2.12. The Morgan fingerprint density at radius 3 is 1.84 bits per heavy atom. The number of hydrogen-bond donors (Lipinski definition) is 0. The van der Waals surface area contributed by atoms with Crippen LogP contribution in [-0.4, -0.2) is 82.8 Å². The van der Waals surface area contributed by atoms with Crippen LogP contribution in [0.25, 0.3) is 0 Å². The summed E-state index contributed by atoms with van der Waals surface area (Å²) in [6, 6.07) is 3.26. The van der Waals surface area contributed by atoms with Gasteiger partial charge in [0.15, 0.2) is 11.5 Å². The monoisotopic (exact) mass is 352 g/mol. The van der Waals surface area contributed by atoms with Gasteiger partial charge >= 0.3 is 0 Å². The molecule has 0 saturated carbocycles. The molecular formula is C17H24N2O6. The van der Waals surface area contributed by atoms with E-state index in [9.17, 15) is 9.59 Å². The zero-order valence-corrected chi connectivity index (χ0v) is 15.0. The van der Waals surface area contributed by atoms with E-state index in [-0.39, 0.29) is 18.4 Å². The average Bonchev–Trinajstić information content (AvgIpc) is 2.66. The van der Waals surface area contributed by atoms with Crippen LogP contribution in [0.1, 0.15) is 10.4 Å². The number of hydrogen-bond acceptors (Lipinski definition) is 6. The highest BCUT2D eigenvalue weighted by atomic mass is 16.5. The van der Waals surface area contributed by atoms with Gasteiger partial charge in [0.1, 0.15) is 6.61 Å². The van der Waals surface area contributed by atoms with Crippen LogP contribution in [-0.2, 0) is 9.53 Å². The van der Waals surface area contributed by atoms with Crippen molar-refractivity contribution in [2.75, 3.05) is 61.2 Å². The first kappa shape index (κ1) is 18.9. The van der Waals surface area contributed by atoms with Crippen LogP contribution in [0.5, 0.6) is 17.2 Å². The molecule has 1 aliphatic rings. The third-order valence-electron chi connectivity index (χ3n) is 4.10. The van der Waals surface area contributed by atoms with Crippen molar-refractivity contribution < 1.29 is 28.5 Å². The highest BCUT2D eigenvalue weighted by Gasteiger charge is 2.26. The van der Waals surface area contributed by atoms with E-state index >= 15 is 0 Å². The zero-order valence-electron chi connectivity index (χ0n) is 15.0. The van der Waals surface area contributed by atoms with Crippen LogP contribution in [0.4, 0.5) is 0 Å². The Hall–Kier alpha value is -2.48. The summed E-state index contributed by atoms with van der Waals surface area (Å²) in [6.45, 7) is 1.95. The molecule has 25 heavy (non-hydrogen) atoms. The van der Waals surface area contributed by atoms with Gasteiger partial charge in [0.05, 0.1) is 21.3 Å². The van der Waals surface area contributed by atoms with Crippen molar-refractivity contribution in [2.24, 2.45) is 0 Å². The number of benzene rings is 1. The summed E-state index contributed by atoms with van der Waals surface area (Å²) in [5.74, 6) is 1.09. The molecule has 0 spiro atoms. The molecule has 8 nitrogen and oxygen atoms in total. The lowest BCUT2D eigenvalue weighted by atomic mass is 10.1. The largest absolute Gasteiger partial charge is 0.493 e. The molecule has 0 unspecified atom stereocenters. The highest BCUT2D eigenvalue weighted by molar-refractivity contribution is 5.96. The quantitative estimate of drug-likeness (QED) is 0.748. The smallest absolute Gasteiger partial charge is 0.254 e. The fourth-order valence-electron chi connectivity index (χ4n) is 2.76. The summed E-state index contributed by atoms with van der Waals surface area (Å²) in [4.78, 5) is 28.0. The molecule has 0 radical (unpaired) electrons. The van der Waals surface area contributed by atoms with E-state index in [0.717, 1.165) is 0 Å². The Kier molecular flexibility index (Phi) is 6.46. The molecule has 1 fully saturated rings. The van der Waals surface area contributed by atoms with Gasteiger partial charge in [0.25, 0.3) is 5.91 Å². The highest BCUT2D eigenvalue weighted by Crippen LogP contribution is 2.38. The van der Waals surface area contributed by atoms with Crippen molar-refractivity contribution >= 4 is 11.8 Å². The molecule has 0 atom stereocenters. The normalized spacial score (nSPS) is 14.2. The van der Waals surface area contributed by atoms with Crippen LogP contribution in [0.2, 0.25) is 0 Å². The SMILES string of the molecule is COCC(=O)N1CCN(C(=O)c2cc(OC)c(OC)c(OC)c2)CC1. The predicted octanol–water partition coefficient (Wildman–Crippen LogP) is 0.643. The van der Waals surface area contributed by atoms with E-state index in [4.69, 9.17) is 18.9 Å². The number of carbonyl (C=O) groups excluding carboxylic acids is 2. The minimum absolute atomic E-state index is 0.0564. The van der Waals surface area contributed by atoms with Crippen LogP contribution < -0.4 is 14.2 Å². The molecule has 1 aliphatic heterocycles. The number of ether oxygens (including phenoxy) is 4. The molecule has 1 aromatic rings. The Bertz CT molecular complexity index is 601. The van der Waals surface area contributed by atoms with Gasteiger partial charge in [-0.25, -0.2) is 0 Å². The first-order valence-corrected chi connectivity index (χ1v) is 7.91. The summed E-state index contributed by atoms with van der Waals surface area (Å²) in [5, 5.41) is 0. The lowest BCUT2D eigenvalue weighted by Gasteiger charge is -2.34. The molecule has 0 bridgehead atoms. The molecule has 2 rings (SSSR count). The molecule has 0 aromatic heterocycles. The fraction of sp³-hybridized carbons (Fsp3) is 0.529. The van der Waals surface area contributed by atoms with E-state index in [2.05, 4.69) is 0 Å². The maximum Gasteiger partial charge on any atom is 0.254 e. The van der Waals surface area contributed by atoms with Gasteiger partial charge in [0.2, 0.25) is 11.7 Å². The molecule has 0 aliphatic carbocycles. The lowest BCUT2D eigenvalue weighted by Crippen LogP contribution is -2.51. The van der Waals surface area contributed by atoms with Crippen molar-refractivity contribution in [1.29, 1.82) is 0 Å². The van der Waals surface area contributed by atoms with Gasteiger partial charge in [-0.15, -0.1) is 0 Å². The third-order valence-corrected chi connectivity index (χ3v) is 4.10. The van der Waals surface area contributed by atoms with Gasteiger partial charge in [-0.05, 0) is 12.1 Å². The minimum Gasteiger partial charge on any atom is -0.493 e. The summed E-state index contributed by atoms with van der Waals surface area (Å²) >= 11 is 0. The number of piperazine rings is 1. The third kappa shape index (κ3) is 4.14. The van der Waals surface area contributed by atoms with E-state index < -0.39 is 0 Å². The van der Waals surface area contributed by atoms with Crippen molar-refractivity contribution in [2.45, 2.75) is 0 Å². The second kappa shape index (κ2) is 8.57. The van der Waals surface area contributed by atoms with Crippen LogP contribution in [0.15, 0.2) is 12.1 Å².